The van der Waals surface area contributed by atoms with E-state index in [1.165, 1.54) is 6.08 Å². The monoisotopic (exact) mass is 526 g/mol. The van der Waals surface area contributed by atoms with Gasteiger partial charge in [0.2, 0.25) is 5.78 Å². The number of esters is 1. The average molecular weight is 527 g/mol. The maximum absolute atomic E-state index is 15.6. The Hall–Kier alpha value is -1.60. The summed E-state index contributed by atoms with van der Waals surface area (Å²) in [5, 5.41) is 11.6. The van der Waals surface area contributed by atoms with Crippen LogP contribution in [0.4, 0.5) is 8.78 Å². The zero-order valence-corrected chi connectivity index (χ0v) is 22.2. The fourth-order valence-corrected chi connectivity index (χ4v) is 8.67. The normalized spacial score (nSPS) is 43.6. The SMILES string of the molecule is CCCCCC(=O)O[C@]1(C(=O)CCl)C(C)C[C@H]2[C@@H]3CC(F)C4=C(F)C(=O)C=C[C@]4(C)[C@H]3C(O)C[C@@]21C. The number of aliphatic hydroxyl groups excluding tert-OH is 1. The summed E-state index contributed by atoms with van der Waals surface area (Å²) in [7, 11) is 0. The van der Waals surface area contributed by atoms with E-state index in [9.17, 15) is 23.9 Å². The molecule has 3 saturated carbocycles. The molecule has 0 bridgehead atoms. The fourth-order valence-electron chi connectivity index (χ4n) is 8.47. The summed E-state index contributed by atoms with van der Waals surface area (Å²) in [6, 6.07) is 0. The van der Waals surface area contributed by atoms with E-state index in [0.717, 1.165) is 18.9 Å². The second kappa shape index (κ2) is 9.61. The number of hydrogen-bond donors (Lipinski definition) is 1. The number of unbranched alkanes of at least 4 members (excludes halogenated alkanes) is 2. The lowest BCUT2D eigenvalue weighted by molar-refractivity contribution is -0.204. The summed E-state index contributed by atoms with van der Waals surface area (Å²) in [5.41, 5.74) is -3.84. The molecule has 0 saturated heterocycles. The fraction of sp³-hybridized carbons (Fsp3) is 0.750. The predicted octanol–water partition coefficient (Wildman–Crippen LogP) is 5.43. The molecule has 8 heteroatoms. The van der Waals surface area contributed by atoms with Gasteiger partial charge in [0.05, 0.1) is 12.0 Å². The molecule has 0 amide bonds. The number of rotatable bonds is 7. The van der Waals surface area contributed by atoms with Gasteiger partial charge in [-0.05, 0) is 43.6 Å². The van der Waals surface area contributed by atoms with E-state index in [1.54, 1.807) is 6.92 Å². The summed E-state index contributed by atoms with van der Waals surface area (Å²) < 4.78 is 36.6. The summed E-state index contributed by atoms with van der Waals surface area (Å²) in [6.07, 6.45) is 3.12. The van der Waals surface area contributed by atoms with Crippen LogP contribution in [0.25, 0.3) is 0 Å². The summed E-state index contributed by atoms with van der Waals surface area (Å²) in [6.45, 7) is 7.42. The molecule has 0 aromatic rings. The van der Waals surface area contributed by atoms with Gasteiger partial charge >= 0.3 is 5.97 Å². The van der Waals surface area contributed by atoms with E-state index in [0.29, 0.717) is 12.8 Å². The Morgan fingerprint density at radius 2 is 1.94 bits per heavy atom. The molecule has 0 aliphatic heterocycles. The van der Waals surface area contributed by atoms with Gasteiger partial charge < -0.3 is 9.84 Å². The third-order valence-electron chi connectivity index (χ3n) is 9.89. The molecule has 0 spiro atoms. The van der Waals surface area contributed by atoms with Crippen LogP contribution in [0.15, 0.2) is 23.6 Å². The van der Waals surface area contributed by atoms with Crippen LogP contribution in [0.2, 0.25) is 0 Å². The van der Waals surface area contributed by atoms with Gasteiger partial charge in [-0.25, -0.2) is 8.78 Å². The second-order valence-corrected chi connectivity index (χ2v) is 12.0. The van der Waals surface area contributed by atoms with Gasteiger partial charge in [0.1, 0.15) is 6.17 Å². The molecule has 4 aliphatic rings. The van der Waals surface area contributed by atoms with Crippen LogP contribution in [0.3, 0.4) is 0 Å². The van der Waals surface area contributed by atoms with E-state index < -0.39 is 63.9 Å². The van der Waals surface area contributed by atoms with Gasteiger partial charge in [0.25, 0.3) is 0 Å². The first-order valence-corrected chi connectivity index (χ1v) is 13.7. The van der Waals surface area contributed by atoms with Crippen molar-refractivity contribution >= 4 is 29.1 Å². The molecule has 36 heavy (non-hydrogen) atoms. The molecule has 3 unspecified atom stereocenters. The zero-order chi connectivity index (χ0) is 26.6. The first-order valence-electron chi connectivity index (χ1n) is 13.2. The van der Waals surface area contributed by atoms with Crippen molar-refractivity contribution in [1.29, 1.82) is 0 Å². The van der Waals surface area contributed by atoms with E-state index in [4.69, 9.17) is 16.3 Å². The van der Waals surface area contributed by atoms with Crippen molar-refractivity contribution in [1.82, 2.24) is 0 Å². The summed E-state index contributed by atoms with van der Waals surface area (Å²) in [4.78, 5) is 38.5. The quantitative estimate of drug-likeness (QED) is 0.272. The minimum atomic E-state index is -1.69. The Bertz CT molecular complexity index is 1010. The van der Waals surface area contributed by atoms with Crippen molar-refractivity contribution in [2.75, 3.05) is 5.88 Å². The molecular formula is C28H37ClF2O5. The number of ether oxygens (including phenoxy) is 1. The molecule has 4 rings (SSSR count). The van der Waals surface area contributed by atoms with Crippen LogP contribution >= 0.6 is 11.6 Å². The largest absolute Gasteiger partial charge is 0.450 e. The van der Waals surface area contributed by atoms with E-state index >= 15 is 4.39 Å². The van der Waals surface area contributed by atoms with E-state index in [-0.39, 0.29) is 42.6 Å². The number of carbonyl (C=O) groups excluding carboxylic acids is 3. The maximum Gasteiger partial charge on any atom is 0.306 e. The van der Waals surface area contributed by atoms with E-state index in [1.807, 2.05) is 20.8 Å². The van der Waals surface area contributed by atoms with Crippen molar-refractivity contribution in [2.24, 2.45) is 34.5 Å². The third-order valence-corrected chi connectivity index (χ3v) is 10.1. The van der Waals surface area contributed by atoms with Crippen LogP contribution in [0.1, 0.15) is 72.6 Å². The van der Waals surface area contributed by atoms with Gasteiger partial charge in [-0.2, -0.15) is 0 Å². The highest BCUT2D eigenvalue weighted by molar-refractivity contribution is 6.29. The number of carbonyl (C=O) groups is 3. The zero-order valence-electron chi connectivity index (χ0n) is 21.5. The molecule has 9 atom stereocenters. The lowest BCUT2D eigenvalue weighted by Crippen LogP contribution is -2.64. The Labute approximate surface area is 216 Å². The van der Waals surface area contributed by atoms with Crippen molar-refractivity contribution in [3.8, 4) is 0 Å². The number of halogens is 3. The highest BCUT2D eigenvalue weighted by atomic mass is 35.5. The molecular weight excluding hydrogens is 490 g/mol. The number of fused-ring (bicyclic) bond motifs is 5. The smallest absolute Gasteiger partial charge is 0.306 e. The van der Waals surface area contributed by atoms with Gasteiger partial charge in [0.15, 0.2) is 17.2 Å². The molecule has 0 heterocycles. The number of aliphatic hydroxyl groups is 1. The lowest BCUT2D eigenvalue weighted by Gasteiger charge is -2.60. The lowest BCUT2D eigenvalue weighted by atomic mass is 9.45. The van der Waals surface area contributed by atoms with Crippen LogP contribution in [0.5, 0.6) is 0 Å². The van der Waals surface area contributed by atoms with Crippen LogP contribution in [-0.2, 0) is 19.1 Å². The third kappa shape index (κ3) is 3.74. The first-order chi connectivity index (χ1) is 16.9. The highest BCUT2D eigenvalue weighted by Crippen LogP contribution is 2.69. The van der Waals surface area contributed by atoms with Crippen molar-refractivity contribution < 1.29 is 33.0 Å². The number of alkyl halides is 2. The number of hydrogen-bond acceptors (Lipinski definition) is 5. The van der Waals surface area contributed by atoms with Crippen LogP contribution < -0.4 is 0 Å². The Kier molecular flexibility index (Phi) is 7.32. The van der Waals surface area contributed by atoms with Gasteiger partial charge in [-0.3, -0.25) is 14.4 Å². The first kappa shape index (κ1) is 27.4. The van der Waals surface area contributed by atoms with Crippen molar-refractivity contribution in [2.45, 2.75) is 90.5 Å². The Morgan fingerprint density at radius 1 is 1.25 bits per heavy atom. The minimum Gasteiger partial charge on any atom is -0.450 e. The number of Topliss-reactive ketones (excluding diaryl/α,β-unsaturated/α-hetero) is 1. The average Bonchev–Trinajstić information content (AvgIpc) is 3.03. The van der Waals surface area contributed by atoms with Gasteiger partial charge in [0, 0.05) is 34.7 Å². The highest BCUT2D eigenvalue weighted by Gasteiger charge is 2.73. The number of ketones is 2. The molecule has 0 aromatic heterocycles. The molecule has 200 valence electrons. The predicted molar refractivity (Wildman–Crippen MR) is 132 cm³/mol. The second-order valence-electron chi connectivity index (χ2n) is 11.8. The van der Waals surface area contributed by atoms with Crippen molar-refractivity contribution in [3.05, 3.63) is 23.6 Å². The van der Waals surface area contributed by atoms with Crippen molar-refractivity contribution in [3.63, 3.8) is 0 Å². The molecule has 0 radical (unpaired) electrons. The van der Waals surface area contributed by atoms with Gasteiger partial charge in [-0.15, -0.1) is 11.6 Å². The topological polar surface area (TPSA) is 80.7 Å². The van der Waals surface area contributed by atoms with Gasteiger partial charge in [-0.1, -0.05) is 46.6 Å². The van der Waals surface area contributed by atoms with E-state index in [2.05, 4.69) is 0 Å². The molecule has 5 nitrogen and oxygen atoms in total. The van der Waals surface area contributed by atoms with Crippen LogP contribution in [-0.4, -0.2) is 46.4 Å². The molecule has 0 aromatic carbocycles. The molecule has 1 N–H and O–H groups in total. The summed E-state index contributed by atoms with van der Waals surface area (Å²) in [5.74, 6) is -4.72. The Balaban J connectivity index is 1.76. The molecule has 4 aliphatic carbocycles. The maximum atomic E-state index is 15.6. The standard InChI is InChI=1S/C28H37ClF2O5/c1-5-6-7-8-22(35)36-28(21(34)14-29)15(2)11-17-16-12-18(30)24-25(31)19(32)9-10-26(24,3)23(16)20(33)13-27(17,28)4/h9-10,15-18,20,23,33H,5-8,11-14H2,1-4H3/t15?,16-,17-,18?,20?,23+,26+,27-,28-/m0/s1. The number of allylic oxidation sites excluding steroid dienone is 4. The summed E-state index contributed by atoms with van der Waals surface area (Å²) >= 11 is 6.08. The van der Waals surface area contributed by atoms with Crippen LogP contribution in [0, 0.1) is 34.5 Å². The molecule has 3 fully saturated rings. The Morgan fingerprint density at radius 3 is 2.58 bits per heavy atom. The minimum absolute atomic E-state index is 0.0657.